The van der Waals surface area contributed by atoms with Gasteiger partial charge in [-0.3, -0.25) is 0 Å². The van der Waals surface area contributed by atoms with Crippen LogP contribution in [0.5, 0.6) is 5.75 Å². The highest BCUT2D eigenvalue weighted by Crippen LogP contribution is 2.29. The predicted molar refractivity (Wildman–Crippen MR) is 68.3 cm³/mol. The van der Waals surface area contributed by atoms with Gasteiger partial charge in [0.15, 0.2) is 0 Å². The summed E-state index contributed by atoms with van der Waals surface area (Å²) in [6.45, 7) is 0. The molecule has 0 unspecified atom stereocenters. The molecule has 2 N–H and O–H groups in total. The van der Waals surface area contributed by atoms with Crippen molar-refractivity contribution in [2.75, 3.05) is 0 Å². The molecule has 0 saturated heterocycles. The SMILES string of the molecule is N#Cc1ccc([C@@H](O)c2ccc(O)c(Cl)c2)cc1. The fourth-order valence-electron chi connectivity index (χ4n) is 1.63. The normalized spacial score (nSPS) is 11.8. The standard InChI is InChI=1S/C14H10ClNO2/c15-12-7-11(5-6-13(12)17)14(18)10-3-1-9(8-16)2-4-10/h1-7,14,17-18H/t14-/m1/s1. The van der Waals surface area contributed by atoms with Gasteiger partial charge in [0.25, 0.3) is 0 Å². The molecule has 0 aromatic heterocycles. The van der Waals surface area contributed by atoms with E-state index >= 15 is 0 Å². The summed E-state index contributed by atoms with van der Waals surface area (Å²) in [5, 5.41) is 28.4. The number of hydrogen-bond donors (Lipinski definition) is 2. The van der Waals surface area contributed by atoms with Gasteiger partial charge < -0.3 is 10.2 Å². The molecule has 3 nitrogen and oxygen atoms in total. The second kappa shape index (κ2) is 5.09. The summed E-state index contributed by atoms with van der Waals surface area (Å²) in [6, 6.07) is 13.2. The van der Waals surface area contributed by atoms with E-state index in [4.69, 9.17) is 16.9 Å². The van der Waals surface area contributed by atoms with Crippen molar-refractivity contribution < 1.29 is 10.2 Å². The molecule has 2 aromatic carbocycles. The van der Waals surface area contributed by atoms with E-state index in [2.05, 4.69) is 0 Å². The van der Waals surface area contributed by atoms with Gasteiger partial charge in [0, 0.05) is 0 Å². The average Bonchev–Trinajstić information content (AvgIpc) is 2.41. The van der Waals surface area contributed by atoms with Crippen LogP contribution in [0.4, 0.5) is 0 Å². The van der Waals surface area contributed by atoms with Crippen LogP contribution in [0, 0.1) is 11.3 Å². The largest absolute Gasteiger partial charge is 0.506 e. The maximum atomic E-state index is 10.1. The zero-order valence-electron chi connectivity index (χ0n) is 9.34. The van der Waals surface area contributed by atoms with Crippen molar-refractivity contribution in [3.8, 4) is 11.8 Å². The molecule has 1 atom stereocenters. The lowest BCUT2D eigenvalue weighted by atomic mass is 10.0. The summed E-state index contributed by atoms with van der Waals surface area (Å²) in [7, 11) is 0. The number of hydrogen-bond acceptors (Lipinski definition) is 3. The Labute approximate surface area is 110 Å². The van der Waals surface area contributed by atoms with E-state index in [-0.39, 0.29) is 10.8 Å². The minimum Gasteiger partial charge on any atom is -0.506 e. The lowest BCUT2D eigenvalue weighted by molar-refractivity contribution is 0.220. The van der Waals surface area contributed by atoms with Crippen LogP contribution in [0.1, 0.15) is 22.8 Å². The van der Waals surface area contributed by atoms with Gasteiger partial charge in [-0.05, 0) is 35.4 Å². The van der Waals surface area contributed by atoms with Crippen molar-refractivity contribution >= 4 is 11.6 Å². The summed E-state index contributed by atoms with van der Waals surface area (Å²) in [5.74, 6) is -0.0209. The van der Waals surface area contributed by atoms with E-state index in [0.717, 1.165) is 0 Å². The van der Waals surface area contributed by atoms with Crippen LogP contribution in [-0.2, 0) is 0 Å². The zero-order valence-corrected chi connectivity index (χ0v) is 10.1. The van der Waals surface area contributed by atoms with Crippen LogP contribution < -0.4 is 0 Å². The molecule has 0 heterocycles. The lowest BCUT2D eigenvalue weighted by Gasteiger charge is -2.12. The maximum Gasteiger partial charge on any atom is 0.134 e. The van der Waals surface area contributed by atoms with Crippen LogP contribution in [0.3, 0.4) is 0 Å². The van der Waals surface area contributed by atoms with Gasteiger partial charge in [0.1, 0.15) is 11.9 Å². The Bertz CT molecular complexity index is 602. The van der Waals surface area contributed by atoms with Gasteiger partial charge in [-0.1, -0.05) is 29.8 Å². The van der Waals surface area contributed by atoms with E-state index in [0.29, 0.717) is 16.7 Å². The summed E-state index contributed by atoms with van der Waals surface area (Å²) >= 11 is 5.79. The fourth-order valence-corrected chi connectivity index (χ4v) is 1.81. The molecule has 0 saturated carbocycles. The Balaban J connectivity index is 2.32. The van der Waals surface area contributed by atoms with Crippen LogP contribution in [0.15, 0.2) is 42.5 Å². The summed E-state index contributed by atoms with van der Waals surface area (Å²) < 4.78 is 0. The third-order valence-electron chi connectivity index (χ3n) is 2.64. The molecule has 18 heavy (non-hydrogen) atoms. The first-order valence-corrected chi connectivity index (χ1v) is 5.66. The van der Waals surface area contributed by atoms with E-state index < -0.39 is 6.10 Å². The first kappa shape index (κ1) is 12.4. The van der Waals surface area contributed by atoms with E-state index in [1.807, 2.05) is 6.07 Å². The molecular weight excluding hydrogens is 250 g/mol. The molecular formula is C14H10ClNO2. The van der Waals surface area contributed by atoms with Crippen molar-refractivity contribution in [1.29, 1.82) is 5.26 Å². The number of nitriles is 1. The Kier molecular flexibility index (Phi) is 3.52. The minimum atomic E-state index is -0.837. The van der Waals surface area contributed by atoms with Crippen LogP contribution >= 0.6 is 11.6 Å². The van der Waals surface area contributed by atoms with Gasteiger partial charge in [0.05, 0.1) is 16.7 Å². The third kappa shape index (κ3) is 2.45. The lowest BCUT2D eigenvalue weighted by Crippen LogP contribution is -1.99. The first-order valence-electron chi connectivity index (χ1n) is 5.28. The molecule has 2 aromatic rings. The van der Waals surface area contributed by atoms with Gasteiger partial charge in [-0.25, -0.2) is 0 Å². The quantitative estimate of drug-likeness (QED) is 0.871. The number of halogens is 1. The number of nitrogens with zero attached hydrogens (tertiary/aromatic N) is 1. The molecule has 90 valence electrons. The number of aliphatic hydroxyl groups excluding tert-OH is 1. The molecule has 0 aliphatic rings. The van der Waals surface area contributed by atoms with Crippen molar-refractivity contribution in [2.24, 2.45) is 0 Å². The Morgan fingerprint density at radius 1 is 1.06 bits per heavy atom. The fraction of sp³-hybridized carbons (Fsp3) is 0.0714. The minimum absolute atomic E-state index is 0.0209. The zero-order chi connectivity index (χ0) is 13.1. The molecule has 0 bridgehead atoms. The van der Waals surface area contributed by atoms with Crippen LogP contribution in [-0.4, -0.2) is 10.2 Å². The number of phenols is 1. The van der Waals surface area contributed by atoms with E-state index in [1.54, 1.807) is 30.3 Å². The maximum absolute atomic E-state index is 10.1. The molecule has 0 aliphatic carbocycles. The predicted octanol–water partition coefficient (Wildman–Crippen LogP) is 3.00. The van der Waals surface area contributed by atoms with Crippen LogP contribution in [0.25, 0.3) is 0 Å². The Morgan fingerprint density at radius 2 is 1.67 bits per heavy atom. The molecule has 4 heteroatoms. The average molecular weight is 260 g/mol. The van der Waals surface area contributed by atoms with Crippen molar-refractivity contribution in [2.45, 2.75) is 6.10 Å². The molecule has 0 aliphatic heterocycles. The first-order chi connectivity index (χ1) is 8.61. The van der Waals surface area contributed by atoms with E-state index in [9.17, 15) is 10.2 Å². The Hall–Kier alpha value is -2.02. The smallest absolute Gasteiger partial charge is 0.134 e. The third-order valence-corrected chi connectivity index (χ3v) is 2.95. The summed E-state index contributed by atoms with van der Waals surface area (Å²) in [6.07, 6.45) is -0.837. The molecule has 0 spiro atoms. The molecule has 2 rings (SSSR count). The van der Waals surface area contributed by atoms with Crippen molar-refractivity contribution in [1.82, 2.24) is 0 Å². The molecule has 0 amide bonds. The number of aromatic hydroxyl groups is 1. The van der Waals surface area contributed by atoms with Crippen molar-refractivity contribution in [3.63, 3.8) is 0 Å². The topological polar surface area (TPSA) is 64.2 Å². The van der Waals surface area contributed by atoms with Crippen molar-refractivity contribution in [3.05, 3.63) is 64.2 Å². The Morgan fingerprint density at radius 3 is 2.22 bits per heavy atom. The van der Waals surface area contributed by atoms with Gasteiger partial charge >= 0.3 is 0 Å². The monoisotopic (exact) mass is 259 g/mol. The van der Waals surface area contributed by atoms with Crippen LogP contribution in [0.2, 0.25) is 5.02 Å². The van der Waals surface area contributed by atoms with Gasteiger partial charge in [-0.2, -0.15) is 5.26 Å². The summed E-state index contributed by atoms with van der Waals surface area (Å²) in [4.78, 5) is 0. The number of rotatable bonds is 2. The molecule has 0 fully saturated rings. The number of phenolic OH excluding ortho intramolecular Hbond substituents is 1. The highest BCUT2D eigenvalue weighted by atomic mass is 35.5. The summed E-state index contributed by atoms with van der Waals surface area (Å²) in [5.41, 5.74) is 1.79. The van der Waals surface area contributed by atoms with Gasteiger partial charge in [0.2, 0.25) is 0 Å². The second-order valence-corrected chi connectivity index (χ2v) is 4.25. The highest BCUT2D eigenvalue weighted by Gasteiger charge is 2.12. The van der Waals surface area contributed by atoms with Gasteiger partial charge in [-0.15, -0.1) is 0 Å². The number of aliphatic hydroxyl groups is 1. The van der Waals surface area contributed by atoms with E-state index in [1.165, 1.54) is 12.1 Å². The molecule has 0 radical (unpaired) electrons. The highest BCUT2D eigenvalue weighted by molar-refractivity contribution is 6.32. The second-order valence-electron chi connectivity index (χ2n) is 3.85. The number of benzene rings is 2.